The SMILES string of the molecule is Cc1ccc(OCC(=O)N2CCC3(CC2)CN(C(=O)Cc2cccs2)CCO3)cc1C. The van der Waals surface area contributed by atoms with Crippen LogP contribution in [0, 0.1) is 13.8 Å². The van der Waals surface area contributed by atoms with Crippen LogP contribution in [0.5, 0.6) is 5.75 Å². The van der Waals surface area contributed by atoms with Crippen LogP contribution in [0.4, 0.5) is 0 Å². The first-order chi connectivity index (χ1) is 14.9. The highest BCUT2D eigenvalue weighted by molar-refractivity contribution is 7.10. The number of carbonyl (C=O) groups excluding carboxylic acids is 2. The largest absolute Gasteiger partial charge is 0.484 e. The van der Waals surface area contributed by atoms with E-state index >= 15 is 0 Å². The maximum atomic E-state index is 12.7. The van der Waals surface area contributed by atoms with Gasteiger partial charge in [0.2, 0.25) is 5.91 Å². The first kappa shape index (κ1) is 21.8. The van der Waals surface area contributed by atoms with Crippen LogP contribution in [0.2, 0.25) is 0 Å². The molecule has 1 aromatic carbocycles. The number of morpholine rings is 1. The van der Waals surface area contributed by atoms with Gasteiger partial charge in [-0.15, -0.1) is 11.3 Å². The number of benzene rings is 1. The van der Waals surface area contributed by atoms with Gasteiger partial charge in [-0.2, -0.15) is 0 Å². The van der Waals surface area contributed by atoms with Crippen LogP contribution in [-0.2, 0) is 20.7 Å². The first-order valence-electron chi connectivity index (χ1n) is 10.9. The van der Waals surface area contributed by atoms with E-state index < -0.39 is 0 Å². The molecule has 0 unspecified atom stereocenters. The summed E-state index contributed by atoms with van der Waals surface area (Å²) < 4.78 is 11.9. The molecule has 2 aromatic rings. The fourth-order valence-electron chi connectivity index (χ4n) is 4.24. The van der Waals surface area contributed by atoms with Crippen molar-refractivity contribution >= 4 is 23.2 Å². The summed E-state index contributed by atoms with van der Waals surface area (Å²) in [5.74, 6) is 0.875. The Kier molecular flexibility index (Phi) is 6.62. The molecule has 2 saturated heterocycles. The Morgan fingerprint density at radius 2 is 1.87 bits per heavy atom. The zero-order chi connectivity index (χ0) is 21.8. The van der Waals surface area contributed by atoms with Crippen LogP contribution in [-0.4, -0.2) is 66.6 Å². The van der Waals surface area contributed by atoms with Gasteiger partial charge in [-0.25, -0.2) is 0 Å². The molecule has 2 fully saturated rings. The topological polar surface area (TPSA) is 59.1 Å². The van der Waals surface area contributed by atoms with Gasteiger partial charge < -0.3 is 19.3 Å². The van der Waals surface area contributed by atoms with Crippen molar-refractivity contribution in [1.82, 2.24) is 9.80 Å². The van der Waals surface area contributed by atoms with Crippen LogP contribution in [0.15, 0.2) is 35.7 Å². The van der Waals surface area contributed by atoms with Gasteiger partial charge in [0.05, 0.1) is 18.6 Å². The summed E-state index contributed by atoms with van der Waals surface area (Å²) in [6.07, 6.45) is 1.94. The molecule has 4 rings (SSSR count). The summed E-state index contributed by atoms with van der Waals surface area (Å²) in [4.78, 5) is 30.2. The normalized spacial score (nSPS) is 18.3. The summed E-state index contributed by atoms with van der Waals surface area (Å²) in [6.45, 7) is 7.19. The number of rotatable bonds is 5. The zero-order valence-electron chi connectivity index (χ0n) is 18.3. The van der Waals surface area contributed by atoms with Gasteiger partial charge in [0.25, 0.3) is 5.91 Å². The molecule has 0 aliphatic carbocycles. The van der Waals surface area contributed by atoms with Gasteiger partial charge in [0.1, 0.15) is 5.75 Å². The standard InChI is InChI=1S/C24H30N2O4S/c1-18-5-6-20(14-19(18)2)29-16-23(28)25-9-7-24(8-10-25)17-26(11-12-30-24)22(27)15-21-4-3-13-31-21/h3-6,13-14H,7-12,15-17H2,1-2H3. The molecule has 7 heteroatoms. The predicted octanol–water partition coefficient (Wildman–Crippen LogP) is 3.21. The average molecular weight is 443 g/mol. The second-order valence-electron chi connectivity index (χ2n) is 8.52. The lowest BCUT2D eigenvalue weighted by atomic mass is 9.89. The molecule has 6 nitrogen and oxygen atoms in total. The summed E-state index contributed by atoms with van der Waals surface area (Å²) in [5, 5.41) is 2.00. The average Bonchev–Trinajstić information content (AvgIpc) is 3.28. The highest BCUT2D eigenvalue weighted by Gasteiger charge is 2.41. The quantitative estimate of drug-likeness (QED) is 0.714. The maximum Gasteiger partial charge on any atom is 0.260 e. The highest BCUT2D eigenvalue weighted by Crippen LogP contribution is 2.31. The van der Waals surface area contributed by atoms with E-state index in [1.807, 2.05) is 52.4 Å². The van der Waals surface area contributed by atoms with Crippen molar-refractivity contribution in [2.24, 2.45) is 0 Å². The number of ether oxygens (including phenoxy) is 2. The van der Waals surface area contributed by atoms with Crippen LogP contribution in [0.3, 0.4) is 0 Å². The molecule has 0 saturated carbocycles. The fraction of sp³-hybridized carbons (Fsp3) is 0.500. The van der Waals surface area contributed by atoms with Crippen molar-refractivity contribution in [3.63, 3.8) is 0 Å². The molecule has 2 aliphatic heterocycles. The van der Waals surface area contributed by atoms with E-state index in [2.05, 4.69) is 6.92 Å². The van der Waals surface area contributed by atoms with E-state index in [0.717, 1.165) is 29.0 Å². The van der Waals surface area contributed by atoms with Crippen LogP contribution < -0.4 is 4.74 Å². The molecule has 166 valence electrons. The summed E-state index contributed by atoms with van der Waals surface area (Å²) in [5.41, 5.74) is 2.02. The third kappa shape index (κ3) is 5.28. The van der Waals surface area contributed by atoms with Crippen molar-refractivity contribution < 1.29 is 19.1 Å². The molecular formula is C24H30N2O4S. The molecule has 2 amide bonds. The number of carbonyl (C=O) groups is 2. The van der Waals surface area contributed by atoms with Crippen LogP contribution in [0.1, 0.15) is 28.8 Å². The Labute approximate surface area is 187 Å². The van der Waals surface area contributed by atoms with Crippen molar-refractivity contribution in [3.8, 4) is 5.75 Å². The van der Waals surface area contributed by atoms with Gasteiger partial charge in [-0.05, 0) is 61.4 Å². The van der Waals surface area contributed by atoms with E-state index in [4.69, 9.17) is 9.47 Å². The lowest BCUT2D eigenvalue weighted by Gasteiger charge is -2.47. The molecule has 0 bridgehead atoms. The third-order valence-electron chi connectivity index (χ3n) is 6.37. The predicted molar refractivity (Wildman–Crippen MR) is 121 cm³/mol. The number of thiophene rings is 1. The molecular weight excluding hydrogens is 412 g/mol. The second-order valence-corrected chi connectivity index (χ2v) is 9.55. The highest BCUT2D eigenvalue weighted by atomic mass is 32.1. The smallest absolute Gasteiger partial charge is 0.260 e. The number of hydrogen-bond donors (Lipinski definition) is 0. The lowest BCUT2D eigenvalue weighted by molar-refractivity contribution is -0.163. The van der Waals surface area contributed by atoms with Gasteiger partial charge in [0, 0.05) is 31.1 Å². The molecule has 2 aliphatic rings. The van der Waals surface area contributed by atoms with Crippen LogP contribution >= 0.6 is 11.3 Å². The van der Waals surface area contributed by atoms with Crippen molar-refractivity contribution in [2.75, 3.05) is 39.4 Å². The number of aryl methyl sites for hydroxylation is 2. The van der Waals surface area contributed by atoms with Gasteiger partial charge in [-0.1, -0.05) is 12.1 Å². The van der Waals surface area contributed by atoms with Gasteiger partial charge in [-0.3, -0.25) is 9.59 Å². The Bertz CT molecular complexity index is 920. The number of nitrogens with zero attached hydrogens (tertiary/aromatic N) is 2. The first-order valence-corrected chi connectivity index (χ1v) is 11.7. The van der Waals surface area contributed by atoms with E-state index in [1.165, 1.54) is 5.56 Å². The summed E-state index contributed by atoms with van der Waals surface area (Å²) >= 11 is 1.62. The zero-order valence-corrected chi connectivity index (χ0v) is 19.1. The van der Waals surface area contributed by atoms with Gasteiger partial charge in [0.15, 0.2) is 6.61 Å². The minimum Gasteiger partial charge on any atom is -0.484 e. The number of hydrogen-bond acceptors (Lipinski definition) is 5. The molecule has 0 atom stereocenters. The minimum atomic E-state index is -0.338. The maximum absolute atomic E-state index is 12.7. The van der Waals surface area contributed by atoms with E-state index in [9.17, 15) is 9.59 Å². The summed E-state index contributed by atoms with van der Waals surface area (Å²) in [7, 11) is 0. The minimum absolute atomic E-state index is 0.00508. The Morgan fingerprint density at radius 1 is 1.06 bits per heavy atom. The lowest BCUT2D eigenvalue weighted by Crippen LogP contribution is -2.59. The van der Waals surface area contributed by atoms with Gasteiger partial charge >= 0.3 is 0 Å². The van der Waals surface area contributed by atoms with Crippen molar-refractivity contribution in [3.05, 3.63) is 51.7 Å². The number of likely N-dealkylation sites (tertiary alicyclic amines) is 1. The van der Waals surface area contributed by atoms with Crippen LogP contribution in [0.25, 0.3) is 0 Å². The molecule has 0 N–H and O–H groups in total. The van der Waals surface area contributed by atoms with E-state index in [1.54, 1.807) is 11.3 Å². The monoisotopic (exact) mass is 442 g/mol. The fourth-order valence-corrected chi connectivity index (χ4v) is 4.93. The summed E-state index contributed by atoms with van der Waals surface area (Å²) in [6, 6.07) is 9.85. The number of piperidine rings is 1. The number of amides is 2. The Balaban J connectivity index is 1.27. The Morgan fingerprint density at radius 3 is 2.58 bits per heavy atom. The second kappa shape index (κ2) is 9.40. The molecule has 1 spiro atoms. The molecule has 31 heavy (non-hydrogen) atoms. The van der Waals surface area contributed by atoms with E-state index in [0.29, 0.717) is 39.2 Å². The van der Waals surface area contributed by atoms with Crippen molar-refractivity contribution in [2.45, 2.75) is 38.7 Å². The molecule has 3 heterocycles. The van der Waals surface area contributed by atoms with Crippen molar-refractivity contribution in [1.29, 1.82) is 0 Å². The molecule has 0 radical (unpaired) electrons. The third-order valence-corrected chi connectivity index (χ3v) is 7.25. The van der Waals surface area contributed by atoms with E-state index in [-0.39, 0.29) is 24.0 Å². The molecule has 1 aromatic heterocycles. The Hall–Kier alpha value is -2.38.